The summed E-state index contributed by atoms with van der Waals surface area (Å²) in [6.45, 7) is 15.2. The Bertz CT molecular complexity index is 1360. The van der Waals surface area contributed by atoms with Crippen LogP contribution in [0.2, 0.25) is 0 Å². The van der Waals surface area contributed by atoms with Crippen molar-refractivity contribution in [3.05, 3.63) is 35.4 Å². The van der Waals surface area contributed by atoms with Crippen molar-refractivity contribution < 1.29 is 119 Å². The van der Waals surface area contributed by atoms with Crippen LogP contribution >= 0.6 is 23.5 Å². The fourth-order valence-electron chi connectivity index (χ4n) is 4.52. The van der Waals surface area contributed by atoms with E-state index in [-0.39, 0.29) is 86.1 Å². The Labute approximate surface area is 372 Å². The predicted octanol–water partition coefficient (Wildman–Crippen LogP) is -0.290. The molecule has 2 aromatic rings. The molecule has 2 aromatic heterocycles. The molecule has 0 saturated carbocycles. The minimum absolute atomic E-state index is 0. The number of rotatable bonds is 5. The first kappa shape index (κ1) is 54.8. The third-order valence-corrected chi connectivity index (χ3v) is 8.70. The molecule has 0 radical (unpaired) electrons. The van der Waals surface area contributed by atoms with Gasteiger partial charge in [0.05, 0.1) is 37.0 Å². The maximum atomic E-state index is 12.3. The minimum Gasteiger partial charge on any atom is -1.00 e. The molecule has 4 rings (SSSR count). The van der Waals surface area contributed by atoms with Crippen molar-refractivity contribution in [1.82, 2.24) is 19.5 Å². The van der Waals surface area contributed by atoms with Gasteiger partial charge < -0.3 is 45.7 Å². The van der Waals surface area contributed by atoms with Crippen molar-refractivity contribution >= 4 is 48.4 Å². The van der Waals surface area contributed by atoms with E-state index in [4.69, 9.17) is 29.4 Å². The first-order valence-electron chi connectivity index (χ1n) is 16.8. The van der Waals surface area contributed by atoms with Gasteiger partial charge in [-0.3, -0.25) is 4.79 Å². The number of hydrogen-bond acceptors (Lipinski definition) is 16. The molecule has 16 nitrogen and oxygen atoms in total. The number of aromatic nitrogens is 4. The standard InChI is InChI=1S/C14H22N2O3S.C10H18O5.C9H14N2OS.CH2O3.2Na.H/c1-14(2,3)19-13(18)16-11(9-17)8-15-12(16)10-4-6-20-7-5-10;1-9(2,3)14-7(11)13-8(12)15-10(4,5)6;12-6-8-5-10-9(11-8)7-1-3-13-4-2-7;2-1-4-3;;;/h8,10,17H,4-7,9H2,1-3H3;1-6H3;5,7,12H,1-4,6H2,(H,10,11);1,3H;;;/q;;;;2*+1;-1/p-1. The van der Waals surface area contributed by atoms with Crippen LogP contribution in [-0.4, -0.2) is 94.4 Å². The molecule has 0 bridgehead atoms. The molecule has 4 heterocycles. The zero-order chi connectivity index (χ0) is 39.5. The van der Waals surface area contributed by atoms with Crippen molar-refractivity contribution in [1.29, 1.82) is 0 Å². The van der Waals surface area contributed by atoms with Gasteiger partial charge in [-0.15, -0.1) is 0 Å². The monoisotopic (exact) mass is 822 g/mol. The maximum Gasteiger partial charge on any atom is 1.00 e. The van der Waals surface area contributed by atoms with Crippen LogP contribution in [0.4, 0.5) is 14.4 Å². The fraction of sp³-hybridized carbons (Fsp3) is 0.706. The van der Waals surface area contributed by atoms with Crippen molar-refractivity contribution in [3.8, 4) is 0 Å². The summed E-state index contributed by atoms with van der Waals surface area (Å²) in [7, 11) is 0. The van der Waals surface area contributed by atoms with Gasteiger partial charge in [0.1, 0.15) is 28.5 Å². The molecular weight excluding hydrogens is 767 g/mol. The average molecular weight is 823 g/mol. The second-order valence-electron chi connectivity index (χ2n) is 14.5. The molecule has 3 N–H and O–H groups in total. The molecule has 0 spiro atoms. The van der Waals surface area contributed by atoms with Gasteiger partial charge in [-0.2, -0.15) is 23.5 Å². The van der Waals surface area contributed by atoms with Crippen molar-refractivity contribution in [2.75, 3.05) is 23.0 Å². The number of imidazole rings is 2. The average Bonchev–Trinajstić information content (AvgIpc) is 3.72. The van der Waals surface area contributed by atoms with Crippen LogP contribution < -0.4 is 64.4 Å². The number of aromatic amines is 1. The number of ether oxygens (including phenoxy) is 4. The number of hydrogen-bond donors (Lipinski definition) is 3. The van der Waals surface area contributed by atoms with Gasteiger partial charge in [-0.1, -0.05) is 0 Å². The number of aliphatic hydroxyl groups excluding tert-OH is 2. The van der Waals surface area contributed by atoms with Crippen LogP contribution in [0.3, 0.4) is 0 Å². The number of nitrogens with zero attached hydrogens (tertiary/aromatic N) is 3. The van der Waals surface area contributed by atoms with Crippen LogP contribution in [0.1, 0.15) is 124 Å². The van der Waals surface area contributed by atoms with Crippen LogP contribution in [0.15, 0.2) is 12.4 Å². The second kappa shape index (κ2) is 27.3. The van der Waals surface area contributed by atoms with E-state index in [0.29, 0.717) is 11.6 Å². The summed E-state index contributed by atoms with van der Waals surface area (Å²) < 4.78 is 20.7. The quantitative estimate of drug-likeness (QED) is 0.0670. The molecule has 2 aliphatic rings. The largest absolute Gasteiger partial charge is 1.00 e. The van der Waals surface area contributed by atoms with E-state index in [2.05, 4.69) is 24.6 Å². The molecular formula is C34H56N4Na2O12S2. The van der Waals surface area contributed by atoms with Gasteiger partial charge in [-0.25, -0.2) is 28.9 Å². The van der Waals surface area contributed by atoms with Gasteiger partial charge in [0, 0.05) is 11.8 Å². The summed E-state index contributed by atoms with van der Waals surface area (Å²) in [5, 5.41) is 26.7. The normalized spacial score (nSPS) is 14.7. The SMILES string of the molecule is CC(C)(C)OC(=O)OC(=O)OC(C)(C)C.CC(C)(C)OC(=O)n1c(CO)cnc1C1CCSCC1.O=CO[O-].OCc1cnc(C2CCSCC2)[nH]1.[H-].[Na+].[Na+]. The summed E-state index contributed by atoms with van der Waals surface area (Å²) in [5.41, 5.74) is -0.632. The van der Waals surface area contributed by atoms with E-state index in [1.165, 1.54) is 28.9 Å². The van der Waals surface area contributed by atoms with Gasteiger partial charge in [-0.05, 0) is 111 Å². The van der Waals surface area contributed by atoms with E-state index in [1.807, 2.05) is 44.3 Å². The van der Waals surface area contributed by atoms with Crippen molar-refractivity contribution in [2.45, 2.75) is 130 Å². The molecule has 2 fully saturated rings. The number of H-pyrrole nitrogens is 1. The number of carbonyl (C=O) groups excluding carboxylic acids is 4. The number of aliphatic hydroxyl groups is 2. The van der Waals surface area contributed by atoms with E-state index in [1.54, 1.807) is 53.9 Å². The molecule has 2 saturated heterocycles. The summed E-state index contributed by atoms with van der Waals surface area (Å²) in [5.74, 6) is 7.28. The van der Waals surface area contributed by atoms with E-state index in [9.17, 15) is 19.5 Å². The molecule has 54 heavy (non-hydrogen) atoms. The van der Waals surface area contributed by atoms with Gasteiger partial charge in [0.2, 0.25) is 0 Å². The maximum absolute atomic E-state index is 12.3. The Balaban J connectivity index is -0.000000698. The Morgan fingerprint density at radius 2 is 1.26 bits per heavy atom. The minimum atomic E-state index is -1.06. The third-order valence-electron chi connectivity index (χ3n) is 6.60. The van der Waals surface area contributed by atoms with Crippen molar-refractivity contribution in [2.24, 2.45) is 0 Å². The van der Waals surface area contributed by atoms with E-state index < -0.39 is 35.2 Å². The van der Waals surface area contributed by atoms with E-state index in [0.717, 1.165) is 41.7 Å². The summed E-state index contributed by atoms with van der Waals surface area (Å²) >= 11 is 3.94. The molecule has 0 unspecified atom stereocenters. The second-order valence-corrected chi connectivity index (χ2v) is 17.0. The summed E-state index contributed by atoms with van der Waals surface area (Å²) in [6, 6.07) is 0. The Kier molecular flexibility index (Phi) is 27.7. The number of thioether (sulfide) groups is 2. The molecule has 0 aromatic carbocycles. The molecule has 0 aliphatic carbocycles. The molecule has 20 heteroatoms. The van der Waals surface area contributed by atoms with Crippen LogP contribution in [0.5, 0.6) is 0 Å². The van der Waals surface area contributed by atoms with Gasteiger partial charge >= 0.3 is 77.5 Å². The van der Waals surface area contributed by atoms with Crippen molar-refractivity contribution in [3.63, 3.8) is 0 Å². The fourth-order valence-corrected chi connectivity index (χ4v) is 6.73. The van der Waals surface area contributed by atoms with E-state index >= 15 is 0 Å². The molecule has 2 aliphatic heterocycles. The van der Waals surface area contributed by atoms with Crippen LogP contribution in [0, 0.1) is 0 Å². The molecule has 0 atom stereocenters. The number of nitrogens with one attached hydrogen (secondary N) is 1. The third kappa shape index (κ3) is 23.7. The van der Waals surface area contributed by atoms with Crippen LogP contribution in [0.25, 0.3) is 0 Å². The Hall–Kier alpha value is -1.32. The predicted molar refractivity (Wildman–Crippen MR) is 195 cm³/mol. The summed E-state index contributed by atoms with van der Waals surface area (Å²) in [6.07, 6.45) is 5.18. The molecule has 298 valence electrons. The van der Waals surface area contributed by atoms with Crippen LogP contribution in [-0.2, 0) is 41.8 Å². The summed E-state index contributed by atoms with van der Waals surface area (Å²) in [4.78, 5) is 57.4. The zero-order valence-electron chi connectivity index (χ0n) is 34.6. The molecule has 0 amide bonds. The topological polar surface area (TPSA) is 224 Å². The first-order valence-corrected chi connectivity index (χ1v) is 19.1. The smallest absolute Gasteiger partial charge is 1.00 e. The van der Waals surface area contributed by atoms with Gasteiger partial charge in [0.25, 0.3) is 6.47 Å². The Morgan fingerprint density at radius 1 is 0.815 bits per heavy atom. The van der Waals surface area contributed by atoms with Gasteiger partial charge in [0.15, 0.2) is 0 Å². The zero-order valence-corrected chi connectivity index (χ0v) is 39.2. The number of carbonyl (C=O) groups is 4. The Morgan fingerprint density at radius 3 is 1.63 bits per heavy atom. The first-order chi connectivity index (χ1) is 24.2.